The maximum atomic E-state index is 13.1. The van der Waals surface area contributed by atoms with Crippen molar-refractivity contribution in [1.82, 2.24) is 0 Å². The topological polar surface area (TPSA) is 27.6 Å². The maximum Gasteiger partial charge on any atom is 0.418 e. The number of hydrogen-bond donors (Lipinski definition) is 1. The van der Waals surface area contributed by atoms with Crippen LogP contribution in [-0.2, 0) is 6.18 Å². The molecule has 160 valence electrons. The largest absolute Gasteiger partial charge is 0.418 e. The molecule has 0 aliphatic rings. The summed E-state index contributed by atoms with van der Waals surface area (Å²) in [5.74, 6) is 0. The second-order valence-electron chi connectivity index (χ2n) is 7.01. The van der Waals surface area contributed by atoms with E-state index in [2.05, 4.69) is 15.4 Å². The molecule has 4 aromatic carbocycles. The third kappa shape index (κ3) is 4.98. The normalized spacial score (nSPS) is 11.5. The number of para-hydroxylation sites is 3. The Morgan fingerprint density at radius 3 is 1.69 bits per heavy atom. The molecule has 0 spiro atoms. The van der Waals surface area contributed by atoms with Gasteiger partial charge in [0.2, 0.25) is 0 Å². The van der Waals surface area contributed by atoms with Crippen molar-refractivity contribution in [2.24, 2.45) is 5.10 Å². The molecule has 0 saturated carbocycles. The number of alkyl halides is 3. The molecule has 32 heavy (non-hydrogen) atoms. The summed E-state index contributed by atoms with van der Waals surface area (Å²) < 4.78 is 39.3. The van der Waals surface area contributed by atoms with Gasteiger partial charge in [-0.05, 0) is 54.1 Å². The number of nitrogens with one attached hydrogen (secondary N) is 1. The van der Waals surface area contributed by atoms with E-state index < -0.39 is 11.7 Å². The fourth-order valence-electron chi connectivity index (χ4n) is 3.31. The van der Waals surface area contributed by atoms with Gasteiger partial charge in [0.1, 0.15) is 0 Å². The minimum absolute atomic E-state index is 0.0906. The summed E-state index contributed by atoms with van der Waals surface area (Å²) in [7, 11) is 0. The van der Waals surface area contributed by atoms with Crippen LogP contribution in [0.25, 0.3) is 0 Å². The molecule has 3 nitrogen and oxygen atoms in total. The van der Waals surface area contributed by atoms with E-state index in [1.807, 2.05) is 84.9 Å². The molecule has 0 amide bonds. The van der Waals surface area contributed by atoms with Crippen molar-refractivity contribution >= 4 is 29.0 Å². The first kappa shape index (κ1) is 21.2. The van der Waals surface area contributed by atoms with Gasteiger partial charge in [0.15, 0.2) is 0 Å². The van der Waals surface area contributed by atoms with Crippen molar-refractivity contribution < 1.29 is 13.2 Å². The molecule has 0 heterocycles. The number of anilines is 4. The van der Waals surface area contributed by atoms with Crippen LogP contribution in [0.4, 0.5) is 35.9 Å². The first-order chi connectivity index (χ1) is 15.5. The number of benzene rings is 4. The van der Waals surface area contributed by atoms with Gasteiger partial charge < -0.3 is 4.90 Å². The highest BCUT2D eigenvalue weighted by Crippen LogP contribution is 2.35. The monoisotopic (exact) mass is 431 g/mol. The van der Waals surface area contributed by atoms with Crippen molar-refractivity contribution in [2.75, 3.05) is 10.3 Å². The van der Waals surface area contributed by atoms with Crippen molar-refractivity contribution in [3.8, 4) is 0 Å². The van der Waals surface area contributed by atoms with Crippen LogP contribution in [0.5, 0.6) is 0 Å². The van der Waals surface area contributed by atoms with Gasteiger partial charge in [-0.2, -0.15) is 18.3 Å². The van der Waals surface area contributed by atoms with Crippen LogP contribution in [-0.4, -0.2) is 6.21 Å². The summed E-state index contributed by atoms with van der Waals surface area (Å²) >= 11 is 0. The minimum Gasteiger partial charge on any atom is -0.311 e. The molecule has 0 unspecified atom stereocenters. The number of hydrazone groups is 1. The zero-order valence-corrected chi connectivity index (χ0v) is 17.0. The van der Waals surface area contributed by atoms with E-state index in [1.54, 1.807) is 0 Å². The highest BCUT2D eigenvalue weighted by atomic mass is 19.4. The van der Waals surface area contributed by atoms with Gasteiger partial charge in [-0.1, -0.05) is 60.7 Å². The molecule has 4 aromatic rings. The Morgan fingerprint density at radius 2 is 1.12 bits per heavy atom. The summed E-state index contributed by atoms with van der Waals surface area (Å²) in [4.78, 5) is 2.12. The van der Waals surface area contributed by atoms with Gasteiger partial charge in [-0.15, -0.1) is 0 Å². The van der Waals surface area contributed by atoms with Crippen LogP contribution >= 0.6 is 0 Å². The molecular formula is C26H20F3N3. The van der Waals surface area contributed by atoms with Crippen LogP contribution in [0, 0.1) is 0 Å². The molecule has 4 rings (SSSR count). The second kappa shape index (κ2) is 9.39. The standard InChI is InChI=1S/C26H20F3N3/c27-26(28,29)24-13-7-8-14-25(24)31-30-19-20-15-17-23(18-16-20)32(21-9-3-1-4-10-21)22-11-5-2-6-12-22/h1-19,31H. The molecule has 0 radical (unpaired) electrons. The average Bonchev–Trinajstić information content (AvgIpc) is 2.81. The fraction of sp³-hybridized carbons (Fsp3) is 0.0385. The molecule has 0 atom stereocenters. The summed E-state index contributed by atoms with van der Waals surface area (Å²) in [5, 5.41) is 3.99. The number of nitrogens with zero attached hydrogens (tertiary/aromatic N) is 2. The Morgan fingerprint density at radius 1 is 0.625 bits per heavy atom. The lowest BCUT2D eigenvalue weighted by Gasteiger charge is -2.25. The first-order valence-electron chi connectivity index (χ1n) is 9.98. The smallest absolute Gasteiger partial charge is 0.311 e. The Balaban J connectivity index is 1.55. The molecule has 6 heteroatoms. The quantitative estimate of drug-likeness (QED) is 0.251. The van der Waals surface area contributed by atoms with Gasteiger partial charge in [-0.25, -0.2) is 0 Å². The van der Waals surface area contributed by atoms with Crippen LogP contribution in [0.2, 0.25) is 0 Å². The van der Waals surface area contributed by atoms with E-state index in [0.29, 0.717) is 0 Å². The van der Waals surface area contributed by atoms with E-state index in [1.165, 1.54) is 24.4 Å². The van der Waals surface area contributed by atoms with Gasteiger partial charge in [0.05, 0.1) is 17.5 Å². The molecule has 0 fully saturated rings. The predicted octanol–water partition coefficient (Wildman–Crippen LogP) is 7.62. The van der Waals surface area contributed by atoms with Crippen LogP contribution in [0.1, 0.15) is 11.1 Å². The van der Waals surface area contributed by atoms with Crippen molar-refractivity contribution in [1.29, 1.82) is 0 Å². The summed E-state index contributed by atoms with van der Waals surface area (Å²) in [6, 6.07) is 32.9. The number of rotatable bonds is 6. The van der Waals surface area contributed by atoms with Gasteiger partial charge in [0.25, 0.3) is 0 Å². The lowest BCUT2D eigenvalue weighted by Crippen LogP contribution is -2.09. The molecular weight excluding hydrogens is 411 g/mol. The van der Waals surface area contributed by atoms with Crippen molar-refractivity contribution in [3.05, 3.63) is 120 Å². The highest BCUT2D eigenvalue weighted by molar-refractivity contribution is 5.83. The fourth-order valence-corrected chi connectivity index (χ4v) is 3.31. The lowest BCUT2D eigenvalue weighted by molar-refractivity contribution is -0.136. The third-order valence-electron chi connectivity index (χ3n) is 4.81. The van der Waals surface area contributed by atoms with E-state index in [4.69, 9.17) is 0 Å². The molecule has 0 aliphatic heterocycles. The summed E-state index contributed by atoms with van der Waals surface area (Å²) in [5.41, 5.74) is 5.40. The highest BCUT2D eigenvalue weighted by Gasteiger charge is 2.33. The third-order valence-corrected chi connectivity index (χ3v) is 4.81. The number of halogens is 3. The van der Waals surface area contributed by atoms with Crippen LogP contribution < -0.4 is 10.3 Å². The average molecular weight is 431 g/mol. The lowest BCUT2D eigenvalue weighted by atomic mass is 10.1. The van der Waals surface area contributed by atoms with E-state index >= 15 is 0 Å². The maximum absolute atomic E-state index is 13.1. The van der Waals surface area contributed by atoms with Crippen molar-refractivity contribution in [3.63, 3.8) is 0 Å². The molecule has 0 aromatic heterocycles. The van der Waals surface area contributed by atoms with Crippen molar-refractivity contribution in [2.45, 2.75) is 6.18 Å². The second-order valence-corrected chi connectivity index (χ2v) is 7.01. The van der Waals surface area contributed by atoms with Crippen LogP contribution in [0.3, 0.4) is 0 Å². The first-order valence-corrected chi connectivity index (χ1v) is 9.98. The zero-order chi connectivity index (χ0) is 22.4. The summed E-state index contributed by atoms with van der Waals surface area (Å²) in [6.45, 7) is 0. The van der Waals surface area contributed by atoms with Crippen LogP contribution in [0.15, 0.2) is 114 Å². The molecule has 0 saturated heterocycles. The predicted molar refractivity (Wildman–Crippen MR) is 124 cm³/mol. The molecule has 0 aliphatic carbocycles. The Labute approximate surface area is 184 Å². The van der Waals surface area contributed by atoms with E-state index in [9.17, 15) is 13.2 Å². The van der Waals surface area contributed by atoms with E-state index in [0.717, 1.165) is 28.7 Å². The molecule has 0 bridgehead atoms. The Bertz CT molecular complexity index is 1130. The van der Waals surface area contributed by atoms with Gasteiger partial charge >= 0.3 is 6.18 Å². The Kier molecular flexibility index (Phi) is 6.22. The SMILES string of the molecule is FC(F)(F)c1ccccc1NN=Cc1ccc(N(c2ccccc2)c2ccccc2)cc1. The molecule has 1 N–H and O–H groups in total. The Hall–Kier alpha value is -4.06. The minimum atomic E-state index is -4.45. The van der Waals surface area contributed by atoms with E-state index in [-0.39, 0.29) is 5.69 Å². The van der Waals surface area contributed by atoms with Gasteiger partial charge in [0, 0.05) is 17.1 Å². The van der Waals surface area contributed by atoms with Gasteiger partial charge in [-0.3, -0.25) is 5.43 Å². The summed E-state index contributed by atoms with van der Waals surface area (Å²) in [6.07, 6.45) is -2.95. The number of hydrogen-bond acceptors (Lipinski definition) is 3. The zero-order valence-electron chi connectivity index (χ0n) is 17.0.